The molecule has 0 fully saturated rings. The van der Waals surface area contributed by atoms with E-state index in [4.69, 9.17) is 5.11 Å². The van der Waals surface area contributed by atoms with Gasteiger partial charge in [-0.25, -0.2) is 9.59 Å². The highest BCUT2D eigenvalue weighted by atomic mass is 16.4. The summed E-state index contributed by atoms with van der Waals surface area (Å²) in [5.41, 5.74) is 1.04. The molecule has 0 atom stereocenters. The highest BCUT2D eigenvalue weighted by molar-refractivity contribution is 5.92. The molecule has 2 heterocycles. The molecule has 102 valence electrons. The van der Waals surface area contributed by atoms with Crippen LogP contribution in [0.3, 0.4) is 0 Å². The van der Waals surface area contributed by atoms with Crippen molar-refractivity contribution in [1.82, 2.24) is 15.3 Å². The molecule has 0 bridgehead atoms. The number of amides is 2. The molecule has 0 radical (unpaired) electrons. The number of carbonyl (C=O) groups excluding carboxylic acids is 1. The number of nitrogens with zero attached hydrogens (tertiary/aromatic N) is 2. The molecule has 0 aliphatic carbocycles. The third-order valence-corrected chi connectivity index (χ3v) is 2.40. The van der Waals surface area contributed by atoms with Gasteiger partial charge in [-0.05, 0) is 18.2 Å². The summed E-state index contributed by atoms with van der Waals surface area (Å²) in [5, 5.41) is 13.9. The topological polar surface area (TPSA) is 104 Å². The van der Waals surface area contributed by atoms with E-state index in [0.29, 0.717) is 5.69 Å². The number of hydrogen-bond acceptors (Lipinski definition) is 4. The fourth-order valence-corrected chi connectivity index (χ4v) is 1.47. The third-order valence-electron chi connectivity index (χ3n) is 2.40. The Hall–Kier alpha value is -2.96. The van der Waals surface area contributed by atoms with Crippen molar-refractivity contribution < 1.29 is 14.7 Å². The highest BCUT2D eigenvalue weighted by Crippen LogP contribution is 2.08. The second-order valence-electron chi connectivity index (χ2n) is 3.90. The molecule has 0 saturated heterocycles. The van der Waals surface area contributed by atoms with Crippen molar-refractivity contribution in [2.45, 2.75) is 6.54 Å². The standard InChI is InChI=1S/C13H12N4O3/c18-12(19)9-5-11(7-14-6-9)17-13(20)16-8-10-3-1-2-4-15-10/h1-7H,8H2,(H,18,19)(H2,16,17,20). The lowest BCUT2D eigenvalue weighted by Crippen LogP contribution is -2.28. The van der Waals surface area contributed by atoms with E-state index in [2.05, 4.69) is 20.6 Å². The quantitative estimate of drug-likeness (QED) is 0.782. The number of anilines is 1. The number of carboxylic acids is 1. The highest BCUT2D eigenvalue weighted by Gasteiger charge is 2.06. The summed E-state index contributed by atoms with van der Waals surface area (Å²) >= 11 is 0. The van der Waals surface area contributed by atoms with Gasteiger partial charge in [0.2, 0.25) is 0 Å². The van der Waals surface area contributed by atoms with E-state index in [-0.39, 0.29) is 12.1 Å². The Labute approximate surface area is 114 Å². The van der Waals surface area contributed by atoms with Crippen LogP contribution in [-0.2, 0) is 6.54 Å². The van der Waals surface area contributed by atoms with Crippen LogP contribution in [0, 0.1) is 0 Å². The van der Waals surface area contributed by atoms with Crippen molar-refractivity contribution in [3.8, 4) is 0 Å². The SMILES string of the molecule is O=C(NCc1ccccn1)Nc1cncc(C(=O)O)c1. The summed E-state index contributed by atoms with van der Waals surface area (Å²) in [6, 6.07) is 6.26. The maximum Gasteiger partial charge on any atom is 0.337 e. The Morgan fingerprint density at radius 3 is 2.80 bits per heavy atom. The number of hydrogen-bond donors (Lipinski definition) is 3. The van der Waals surface area contributed by atoms with Gasteiger partial charge in [-0.3, -0.25) is 9.97 Å². The van der Waals surface area contributed by atoms with Gasteiger partial charge in [0.15, 0.2) is 0 Å². The zero-order chi connectivity index (χ0) is 14.4. The number of aromatic carboxylic acids is 1. The van der Waals surface area contributed by atoms with Crippen molar-refractivity contribution >= 4 is 17.7 Å². The van der Waals surface area contributed by atoms with Gasteiger partial charge in [0, 0.05) is 12.4 Å². The van der Waals surface area contributed by atoms with E-state index in [1.165, 1.54) is 18.5 Å². The fraction of sp³-hybridized carbons (Fsp3) is 0.0769. The summed E-state index contributed by atoms with van der Waals surface area (Å²) in [6.45, 7) is 0.277. The molecule has 2 amide bonds. The minimum atomic E-state index is -1.10. The van der Waals surface area contributed by atoms with E-state index >= 15 is 0 Å². The average Bonchev–Trinajstić information content (AvgIpc) is 2.46. The maximum atomic E-state index is 11.6. The molecule has 0 aliphatic heterocycles. The van der Waals surface area contributed by atoms with Gasteiger partial charge in [-0.15, -0.1) is 0 Å². The number of pyridine rings is 2. The minimum absolute atomic E-state index is 0.00697. The summed E-state index contributed by atoms with van der Waals surface area (Å²) in [4.78, 5) is 30.2. The Kier molecular flexibility index (Phi) is 4.23. The van der Waals surface area contributed by atoms with Crippen LogP contribution in [0.2, 0.25) is 0 Å². The van der Waals surface area contributed by atoms with E-state index in [1.807, 2.05) is 6.07 Å². The molecule has 0 aliphatic rings. The van der Waals surface area contributed by atoms with Gasteiger partial charge in [-0.1, -0.05) is 6.07 Å². The number of urea groups is 1. The summed E-state index contributed by atoms with van der Waals surface area (Å²) in [5.74, 6) is -1.10. The molecule has 7 heteroatoms. The average molecular weight is 272 g/mol. The normalized spacial score (nSPS) is 9.80. The van der Waals surface area contributed by atoms with Crippen molar-refractivity contribution in [3.05, 3.63) is 54.1 Å². The van der Waals surface area contributed by atoms with Gasteiger partial charge in [0.05, 0.1) is 29.7 Å². The largest absolute Gasteiger partial charge is 0.478 e. The molecular weight excluding hydrogens is 260 g/mol. The lowest BCUT2D eigenvalue weighted by molar-refractivity contribution is 0.0696. The molecule has 2 aromatic heterocycles. The first-order valence-corrected chi connectivity index (χ1v) is 5.78. The third kappa shape index (κ3) is 3.77. The van der Waals surface area contributed by atoms with Crippen LogP contribution in [0.1, 0.15) is 16.1 Å². The second-order valence-corrected chi connectivity index (χ2v) is 3.90. The summed E-state index contributed by atoms with van der Waals surface area (Å²) in [6.07, 6.45) is 4.21. The second kappa shape index (κ2) is 6.28. The van der Waals surface area contributed by atoms with E-state index < -0.39 is 12.0 Å². The first kappa shape index (κ1) is 13.5. The smallest absolute Gasteiger partial charge is 0.337 e. The Morgan fingerprint density at radius 1 is 1.25 bits per heavy atom. The first-order valence-electron chi connectivity index (χ1n) is 5.78. The molecular formula is C13H12N4O3. The molecule has 2 aromatic rings. The van der Waals surface area contributed by atoms with Crippen LogP contribution in [0.4, 0.5) is 10.5 Å². The van der Waals surface area contributed by atoms with E-state index in [0.717, 1.165) is 5.69 Å². The van der Waals surface area contributed by atoms with Crippen LogP contribution in [-0.4, -0.2) is 27.1 Å². The van der Waals surface area contributed by atoms with Crippen molar-refractivity contribution in [1.29, 1.82) is 0 Å². The van der Waals surface area contributed by atoms with Gasteiger partial charge in [0.25, 0.3) is 0 Å². The number of carbonyl (C=O) groups is 2. The number of rotatable bonds is 4. The molecule has 20 heavy (non-hydrogen) atoms. The van der Waals surface area contributed by atoms with Crippen LogP contribution in [0.25, 0.3) is 0 Å². The van der Waals surface area contributed by atoms with E-state index in [9.17, 15) is 9.59 Å². The molecule has 7 nitrogen and oxygen atoms in total. The lowest BCUT2D eigenvalue weighted by Gasteiger charge is -2.07. The minimum Gasteiger partial charge on any atom is -0.478 e. The van der Waals surface area contributed by atoms with Crippen LogP contribution < -0.4 is 10.6 Å². The fourth-order valence-electron chi connectivity index (χ4n) is 1.47. The zero-order valence-corrected chi connectivity index (χ0v) is 10.4. The van der Waals surface area contributed by atoms with Gasteiger partial charge in [0.1, 0.15) is 0 Å². The van der Waals surface area contributed by atoms with Crippen LogP contribution >= 0.6 is 0 Å². The number of carboxylic acid groups (broad SMARTS) is 1. The van der Waals surface area contributed by atoms with Crippen molar-refractivity contribution in [2.75, 3.05) is 5.32 Å². The zero-order valence-electron chi connectivity index (χ0n) is 10.4. The Morgan fingerprint density at radius 2 is 2.10 bits per heavy atom. The molecule has 0 aromatic carbocycles. The maximum absolute atomic E-state index is 11.6. The van der Waals surface area contributed by atoms with Crippen molar-refractivity contribution in [2.24, 2.45) is 0 Å². The predicted molar refractivity (Wildman–Crippen MR) is 71.3 cm³/mol. The van der Waals surface area contributed by atoms with Crippen LogP contribution in [0.15, 0.2) is 42.9 Å². The Bertz CT molecular complexity index is 616. The monoisotopic (exact) mass is 272 g/mol. The molecule has 0 saturated carbocycles. The van der Waals surface area contributed by atoms with Crippen molar-refractivity contribution in [3.63, 3.8) is 0 Å². The molecule has 0 unspecified atom stereocenters. The molecule has 0 spiro atoms. The number of nitrogens with one attached hydrogen (secondary N) is 2. The summed E-state index contributed by atoms with van der Waals surface area (Å²) < 4.78 is 0. The van der Waals surface area contributed by atoms with Gasteiger partial charge in [-0.2, -0.15) is 0 Å². The van der Waals surface area contributed by atoms with Crippen LogP contribution in [0.5, 0.6) is 0 Å². The predicted octanol–water partition coefficient (Wildman–Crippen LogP) is 1.50. The summed E-state index contributed by atoms with van der Waals surface area (Å²) in [7, 11) is 0. The molecule has 2 rings (SSSR count). The van der Waals surface area contributed by atoms with Gasteiger partial charge < -0.3 is 15.7 Å². The Balaban J connectivity index is 1.91. The van der Waals surface area contributed by atoms with Gasteiger partial charge >= 0.3 is 12.0 Å². The van der Waals surface area contributed by atoms with E-state index in [1.54, 1.807) is 18.3 Å². The molecule has 3 N–H and O–H groups in total. The number of aromatic nitrogens is 2. The lowest BCUT2D eigenvalue weighted by atomic mass is 10.2. The first-order chi connectivity index (χ1) is 9.65.